The maximum absolute atomic E-state index is 11.9. The summed E-state index contributed by atoms with van der Waals surface area (Å²) in [5.41, 5.74) is 1.10. The molecule has 0 radical (unpaired) electrons. The molecule has 22 heavy (non-hydrogen) atoms. The smallest absolute Gasteiger partial charge is 0.390 e. The molecule has 1 atom stereocenters. The highest BCUT2D eigenvalue weighted by atomic mass is 79.9. The van der Waals surface area contributed by atoms with Crippen LogP contribution in [0.15, 0.2) is 35.1 Å². The van der Waals surface area contributed by atoms with E-state index in [-0.39, 0.29) is 18.5 Å². The standard InChI is InChI=1S/C13H14BrN5O3/c1-9(6-10-2-4-11(14)5-3-10)16-12(20)7-18-8-15-13(17-18)19(21)22/h2-5,8-9H,6-7H2,1H3,(H,16,20)/t9-/m0/s1. The van der Waals surface area contributed by atoms with Crippen LogP contribution in [0, 0.1) is 10.1 Å². The second kappa shape index (κ2) is 7.12. The number of halogens is 1. The molecule has 9 heteroatoms. The van der Waals surface area contributed by atoms with Crippen LogP contribution in [0.5, 0.6) is 0 Å². The summed E-state index contributed by atoms with van der Waals surface area (Å²) in [6, 6.07) is 7.78. The van der Waals surface area contributed by atoms with Crippen LogP contribution < -0.4 is 5.32 Å². The molecule has 1 amide bonds. The third-order valence-electron chi connectivity index (χ3n) is 2.86. The monoisotopic (exact) mass is 367 g/mol. The number of aromatic nitrogens is 3. The minimum Gasteiger partial charge on any atom is -0.390 e. The average Bonchev–Trinajstić information content (AvgIpc) is 2.89. The molecule has 2 aromatic rings. The van der Waals surface area contributed by atoms with Gasteiger partial charge in [0.2, 0.25) is 12.2 Å². The van der Waals surface area contributed by atoms with Gasteiger partial charge in [-0.05, 0) is 36.0 Å². The number of carbonyl (C=O) groups excluding carboxylic acids is 1. The topological polar surface area (TPSA) is 103 Å². The average molecular weight is 368 g/mol. The molecule has 116 valence electrons. The summed E-state index contributed by atoms with van der Waals surface area (Å²) >= 11 is 3.37. The Labute approximate surface area is 134 Å². The van der Waals surface area contributed by atoms with Gasteiger partial charge >= 0.3 is 5.95 Å². The molecule has 1 aromatic carbocycles. The summed E-state index contributed by atoms with van der Waals surface area (Å²) in [5, 5.41) is 16.9. The molecule has 0 saturated heterocycles. The predicted octanol–water partition coefficient (Wildman–Crippen LogP) is 1.70. The van der Waals surface area contributed by atoms with Gasteiger partial charge in [0.15, 0.2) is 0 Å². The van der Waals surface area contributed by atoms with E-state index in [2.05, 4.69) is 31.3 Å². The molecule has 0 saturated carbocycles. The molecular weight excluding hydrogens is 354 g/mol. The van der Waals surface area contributed by atoms with E-state index in [0.717, 1.165) is 21.0 Å². The van der Waals surface area contributed by atoms with E-state index in [0.29, 0.717) is 6.42 Å². The van der Waals surface area contributed by atoms with Gasteiger partial charge < -0.3 is 15.4 Å². The lowest BCUT2D eigenvalue weighted by atomic mass is 10.1. The van der Waals surface area contributed by atoms with Gasteiger partial charge in [0.05, 0.1) is 0 Å². The van der Waals surface area contributed by atoms with Crippen molar-refractivity contribution in [1.82, 2.24) is 20.1 Å². The maximum Gasteiger partial charge on any atom is 0.490 e. The van der Waals surface area contributed by atoms with E-state index >= 15 is 0 Å². The number of rotatable bonds is 6. The third kappa shape index (κ3) is 4.62. The van der Waals surface area contributed by atoms with Crippen LogP contribution in [0.4, 0.5) is 5.95 Å². The fraction of sp³-hybridized carbons (Fsp3) is 0.308. The Hall–Kier alpha value is -2.29. The first kappa shape index (κ1) is 16.1. The van der Waals surface area contributed by atoms with Gasteiger partial charge in [-0.1, -0.05) is 33.0 Å². The lowest BCUT2D eigenvalue weighted by Crippen LogP contribution is -2.36. The summed E-state index contributed by atoms with van der Waals surface area (Å²) in [6.45, 7) is 1.79. The van der Waals surface area contributed by atoms with Crippen LogP contribution in [0.1, 0.15) is 12.5 Å². The number of nitro groups is 1. The lowest BCUT2D eigenvalue weighted by Gasteiger charge is -2.13. The van der Waals surface area contributed by atoms with Gasteiger partial charge in [0.25, 0.3) is 0 Å². The van der Waals surface area contributed by atoms with Crippen molar-refractivity contribution in [3.05, 3.63) is 50.7 Å². The van der Waals surface area contributed by atoms with Crippen LogP contribution in [-0.4, -0.2) is 31.6 Å². The van der Waals surface area contributed by atoms with E-state index in [9.17, 15) is 14.9 Å². The zero-order valence-corrected chi connectivity index (χ0v) is 13.4. The Bertz CT molecular complexity index is 671. The minimum atomic E-state index is -0.704. The second-order valence-electron chi connectivity index (χ2n) is 4.80. The molecule has 0 unspecified atom stereocenters. The van der Waals surface area contributed by atoms with Gasteiger partial charge in [0.1, 0.15) is 6.54 Å². The van der Waals surface area contributed by atoms with Crippen molar-refractivity contribution in [2.75, 3.05) is 0 Å². The van der Waals surface area contributed by atoms with Crippen LogP contribution in [0.25, 0.3) is 0 Å². The van der Waals surface area contributed by atoms with Crippen molar-refractivity contribution in [2.24, 2.45) is 0 Å². The summed E-state index contributed by atoms with van der Waals surface area (Å²) < 4.78 is 2.14. The highest BCUT2D eigenvalue weighted by Crippen LogP contribution is 2.11. The first-order chi connectivity index (χ1) is 10.4. The van der Waals surface area contributed by atoms with Crippen LogP contribution in [0.3, 0.4) is 0 Å². The first-order valence-corrected chi connectivity index (χ1v) is 7.31. The molecule has 1 N–H and O–H groups in total. The number of hydrogen-bond donors (Lipinski definition) is 1. The van der Waals surface area contributed by atoms with Gasteiger partial charge in [-0.15, -0.1) is 0 Å². The maximum atomic E-state index is 11.9. The number of benzene rings is 1. The molecule has 1 aromatic heterocycles. The van der Waals surface area contributed by atoms with E-state index in [1.54, 1.807) is 0 Å². The zero-order valence-electron chi connectivity index (χ0n) is 11.8. The minimum absolute atomic E-state index is 0.0628. The molecule has 0 spiro atoms. The molecule has 2 rings (SSSR count). The lowest BCUT2D eigenvalue weighted by molar-refractivity contribution is -0.394. The molecule has 0 aliphatic heterocycles. The largest absolute Gasteiger partial charge is 0.490 e. The van der Waals surface area contributed by atoms with E-state index in [1.165, 1.54) is 0 Å². The van der Waals surface area contributed by atoms with Crippen LogP contribution >= 0.6 is 15.9 Å². The SMILES string of the molecule is C[C@@H](Cc1ccc(Br)cc1)NC(=O)Cn1cnc([N+](=O)[O-])n1. The fourth-order valence-electron chi connectivity index (χ4n) is 1.94. The second-order valence-corrected chi connectivity index (χ2v) is 5.71. The van der Waals surface area contributed by atoms with Gasteiger partial charge in [-0.25, -0.2) is 0 Å². The van der Waals surface area contributed by atoms with Gasteiger partial charge in [-0.3, -0.25) is 4.79 Å². The molecule has 0 aliphatic rings. The van der Waals surface area contributed by atoms with Gasteiger partial charge in [-0.2, -0.15) is 4.68 Å². The van der Waals surface area contributed by atoms with Crippen molar-refractivity contribution >= 4 is 27.8 Å². The van der Waals surface area contributed by atoms with Crippen molar-refractivity contribution < 1.29 is 9.72 Å². The van der Waals surface area contributed by atoms with Crippen molar-refractivity contribution in [2.45, 2.75) is 25.9 Å². The molecule has 1 heterocycles. The highest BCUT2D eigenvalue weighted by Gasteiger charge is 2.16. The molecule has 8 nitrogen and oxygen atoms in total. The quantitative estimate of drug-likeness (QED) is 0.618. The highest BCUT2D eigenvalue weighted by molar-refractivity contribution is 9.10. The van der Waals surface area contributed by atoms with Crippen molar-refractivity contribution in [3.63, 3.8) is 0 Å². The summed E-state index contributed by atoms with van der Waals surface area (Å²) in [7, 11) is 0. The molecular formula is C13H14BrN5O3. The van der Waals surface area contributed by atoms with E-state index < -0.39 is 10.9 Å². The Morgan fingerprint density at radius 1 is 1.45 bits per heavy atom. The normalized spacial score (nSPS) is 11.9. The molecule has 0 aliphatic carbocycles. The Kier molecular flexibility index (Phi) is 5.21. The summed E-state index contributed by atoms with van der Waals surface area (Å²) in [6.07, 6.45) is 1.85. The van der Waals surface area contributed by atoms with E-state index in [1.807, 2.05) is 31.2 Å². The first-order valence-electron chi connectivity index (χ1n) is 6.51. The van der Waals surface area contributed by atoms with Crippen molar-refractivity contribution in [1.29, 1.82) is 0 Å². The van der Waals surface area contributed by atoms with E-state index in [4.69, 9.17) is 0 Å². The number of nitrogens with zero attached hydrogens (tertiary/aromatic N) is 4. The Morgan fingerprint density at radius 2 is 2.14 bits per heavy atom. The van der Waals surface area contributed by atoms with Gasteiger partial charge in [0, 0.05) is 15.6 Å². The van der Waals surface area contributed by atoms with Crippen LogP contribution in [-0.2, 0) is 17.8 Å². The Balaban J connectivity index is 1.85. The Morgan fingerprint density at radius 3 is 2.73 bits per heavy atom. The fourth-order valence-corrected chi connectivity index (χ4v) is 2.20. The summed E-state index contributed by atoms with van der Waals surface area (Å²) in [5.74, 6) is -0.792. The predicted molar refractivity (Wildman–Crippen MR) is 82.1 cm³/mol. The van der Waals surface area contributed by atoms with Crippen LogP contribution in [0.2, 0.25) is 0 Å². The molecule has 0 bridgehead atoms. The number of carbonyl (C=O) groups is 1. The number of hydrogen-bond acceptors (Lipinski definition) is 5. The number of amides is 1. The summed E-state index contributed by atoms with van der Waals surface area (Å²) in [4.78, 5) is 25.1. The third-order valence-corrected chi connectivity index (χ3v) is 3.38. The van der Waals surface area contributed by atoms with Crippen molar-refractivity contribution in [3.8, 4) is 0 Å². The number of nitrogens with one attached hydrogen (secondary N) is 1. The zero-order chi connectivity index (χ0) is 16.1. The molecule has 0 fully saturated rings.